The van der Waals surface area contributed by atoms with Crippen molar-refractivity contribution in [3.63, 3.8) is 0 Å². The minimum absolute atomic E-state index is 0.292. The molecule has 1 aromatic carbocycles. The standard InChI is InChI=1S/C16H24N2/c1-12-8-13-6-4-5-7-15(13)18(11-12)14-9-16(2,3)17-10-14/h4-7,12,14,17H,8-11H2,1-3H3. The van der Waals surface area contributed by atoms with Gasteiger partial charge < -0.3 is 10.2 Å². The minimum atomic E-state index is 0.292. The fraction of sp³-hybridized carbons (Fsp3) is 0.625. The van der Waals surface area contributed by atoms with Gasteiger partial charge in [0.2, 0.25) is 0 Å². The van der Waals surface area contributed by atoms with Gasteiger partial charge in [0.15, 0.2) is 0 Å². The fourth-order valence-electron chi connectivity index (χ4n) is 3.53. The third-order valence-corrected chi connectivity index (χ3v) is 4.38. The highest BCUT2D eigenvalue weighted by molar-refractivity contribution is 5.57. The molecule has 1 fully saturated rings. The van der Waals surface area contributed by atoms with Crippen LogP contribution >= 0.6 is 0 Å². The molecule has 2 atom stereocenters. The average Bonchev–Trinajstić information content (AvgIpc) is 2.68. The molecule has 0 spiro atoms. The monoisotopic (exact) mass is 244 g/mol. The maximum Gasteiger partial charge on any atom is 0.0432 e. The molecule has 2 aliphatic heterocycles. The molecule has 3 rings (SSSR count). The van der Waals surface area contributed by atoms with Gasteiger partial charge in [-0.15, -0.1) is 0 Å². The lowest BCUT2D eigenvalue weighted by atomic mass is 9.91. The van der Waals surface area contributed by atoms with Crippen LogP contribution in [0.4, 0.5) is 5.69 Å². The molecular formula is C16H24N2. The zero-order chi connectivity index (χ0) is 12.8. The molecule has 0 radical (unpaired) electrons. The van der Waals surface area contributed by atoms with E-state index >= 15 is 0 Å². The Labute approximate surface area is 110 Å². The van der Waals surface area contributed by atoms with Gasteiger partial charge in [-0.3, -0.25) is 0 Å². The van der Waals surface area contributed by atoms with Gasteiger partial charge in [-0.25, -0.2) is 0 Å². The second-order valence-corrected chi connectivity index (χ2v) is 6.71. The van der Waals surface area contributed by atoms with Crippen LogP contribution < -0.4 is 10.2 Å². The normalized spacial score (nSPS) is 30.3. The van der Waals surface area contributed by atoms with E-state index in [0.717, 1.165) is 12.5 Å². The lowest BCUT2D eigenvalue weighted by molar-refractivity contribution is 0.441. The number of fused-ring (bicyclic) bond motifs is 1. The van der Waals surface area contributed by atoms with E-state index < -0.39 is 0 Å². The highest BCUT2D eigenvalue weighted by atomic mass is 15.2. The van der Waals surface area contributed by atoms with Gasteiger partial charge in [0, 0.05) is 30.4 Å². The van der Waals surface area contributed by atoms with Crippen LogP contribution in [0.1, 0.15) is 32.8 Å². The number of nitrogens with one attached hydrogen (secondary N) is 1. The quantitative estimate of drug-likeness (QED) is 0.817. The first-order valence-electron chi connectivity index (χ1n) is 7.15. The van der Waals surface area contributed by atoms with E-state index in [1.54, 1.807) is 0 Å². The minimum Gasteiger partial charge on any atom is -0.367 e. The van der Waals surface area contributed by atoms with Crippen molar-refractivity contribution in [3.8, 4) is 0 Å². The van der Waals surface area contributed by atoms with Gasteiger partial charge in [0.05, 0.1) is 0 Å². The second kappa shape index (κ2) is 4.27. The number of nitrogens with zero attached hydrogens (tertiary/aromatic N) is 1. The van der Waals surface area contributed by atoms with Crippen molar-refractivity contribution in [1.82, 2.24) is 5.32 Å². The summed E-state index contributed by atoms with van der Waals surface area (Å²) in [5.41, 5.74) is 3.29. The van der Waals surface area contributed by atoms with Crippen molar-refractivity contribution in [1.29, 1.82) is 0 Å². The molecule has 0 bridgehead atoms. The zero-order valence-electron chi connectivity index (χ0n) is 11.7. The Morgan fingerprint density at radius 3 is 2.78 bits per heavy atom. The lowest BCUT2D eigenvalue weighted by Crippen LogP contribution is -2.43. The van der Waals surface area contributed by atoms with Crippen molar-refractivity contribution < 1.29 is 0 Å². The number of para-hydroxylation sites is 1. The van der Waals surface area contributed by atoms with Gasteiger partial charge >= 0.3 is 0 Å². The molecule has 2 nitrogen and oxygen atoms in total. The third kappa shape index (κ3) is 2.14. The molecule has 98 valence electrons. The Balaban J connectivity index is 1.89. The van der Waals surface area contributed by atoms with E-state index in [4.69, 9.17) is 0 Å². The predicted octanol–water partition coefficient (Wildman–Crippen LogP) is 2.83. The highest BCUT2D eigenvalue weighted by Crippen LogP contribution is 2.34. The van der Waals surface area contributed by atoms with Crippen LogP contribution in [0.25, 0.3) is 0 Å². The Bertz CT molecular complexity index is 438. The summed E-state index contributed by atoms with van der Waals surface area (Å²) in [4.78, 5) is 2.64. The van der Waals surface area contributed by atoms with Gasteiger partial charge in [-0.1, -0.05) is 25.1 Å². The van der Waals surface area contributed by atoms with Crippen molar-refractivity contribution >= 4 is 5.69 Å². The molecule has 2 heterocycles. The molecule has 1 aromatic rings. The summed E-state index contributed by atoms with van der Waals surface area (Å²) >= 11 is 0. The molecule has 1 saturated heterocycles. The summed E-state index contributed by atoms with van der Waals surface area (Å²) in [7, 11) is 0. The van der Waals surface area contributed by atoms with E-state index in [9.17, 15) is 0 Å². The zero-order valence-corrected chi connectivity index (χ0v) is 11.7. The molecular weight excluding hydrogens is 220 g/mol. The second-order valence-electron chi connectivity index (χ2n) is 6.71. The first-order chi connectivity index (χ1) is 8.55. The van der Waals surface area contributed by atoms with Gasteiger partial charge in [0.25, 0.3) is 0 Å². The van der Waals surface area contributed by atoms with Crippen LogP contribution in [-0.4, -0.2) is 24.7 Å². The maximum absolute atomic E-state index is 3.65. The van der Waals surface area contributed by atoms with Crippen LogP contribution in [0.2, 0.25) is 0 Å². The highest BCUT2D eigenvalue weighted by Gasteiger charge is 2.36. The van der Waals surface area contributed by atoms with Gasteiger partial charge in [-0.2, -0.15) is 0 Å². The predicted molar refractivity (Wildman–Crippen MR) is 77.1 cm³/mol. The van der Waals surface area contributed by atoms with Crippen molar-refractivity contribution in [3.05, 3.63) is 29.8 Å². The number of anilines is 1. The van der Waals surface area contributed by atoms with E-state index in [-0.39, 0.29) is 0 Å². The summed E-state index contributed by atoms with van der Waals surface area (Å²) in [6.45, 7) is 9.32. The topological polar surface area (TPSA) is 15.3 Å². The molecule has 18 heavy (non-hydrogen) atoms. The maximum atomic E-state index is 3.65. The molecule has 1 N–H and O–H groups in total. The number of benzene rings is 1. The van der Waals surface area contributed by atoms with E-state index in [2.05, 4.69) is 55.3 Å². The van der Waals surface area contributed by atoms with Crippen LogP contribution in [0.15, 0.2) is 24.3 Å². The summed E-state index contributed by atoms with van der Waals surface area (Å²) in [5, 5.41) is 3.65. The van der Waals surface area contributed by atoms with Gasteiger partial charge in [-0.05, 0) is 44.2 Å². The van der Waals surface area contributed by atoms with E-state index in [0.29, 0.717) is 11.6 Å². The van der Waals surface area contributed by atoms with Crippen molar-refractivity contribution in [2.24, 2.45) is 5.92 Å². The Hall–Kier alpha value is -1.02. The SMILES string of the molecule is CC1Cc2ccccc2N(C2CNC(C)(C)C2)C1. The molecule has 2 aliphatic rings. The van der Waals surface area contributed by atoms with Crippen LogP contribution in [-0.2, 0) is 6.42 Å². The lowest BCUT2D eigenvalue weighted by Gasteiger charge is -2.39. The largest absolute Gasteiger partial charge is 0.367 e. The van der Waals surface area contributed by atoms with Crippen molar-refractivity contribution in [2.45, 2.75) is 45.2 Å². The summed E-state index contributed by atoms with van der Waals surface area (Å²) in [6.07, 6.45) is 2.48. The molecule has 2 heteroatoms. The molecule has 0 aliphatic carbocycles. The smallest absolute Gasteiger partial charge is 0.0432 e. The number of hydrogen-bond acceptors (Lipinski definition) is 2. The number of hydrogen-bond donors (Lipinski definition) is 1. The Kier molecular flexibility index (Phi) is 2.86. The average molecular weight is 244 g/mol. The van der Waals surface area contributed by atoms with Crippen LogP contribution in [0.3, 0.4) is 0 Å². The molecule has 0 saturated carbocycles. The molecule has 2 unspecified atom stereocenters. The summed E-state index contributed by atoms with van der Waals surface area (Å²) in [5.74, 6) is 0.767. The first kappa shape index (κ1) is 12.0. The van der Waals surface area contributed by atoms with Crippen LogP contribution in [0.5, 0.6) is 0 Å². The Morgan fingerprint density at radius 1 is 1.28 bits per heavy atom. The summed E-state index contributed by atoms with van der Waals surface area (Å²) in [6, 6.07) is 9.60. The molecule has 0 aromatic heterocycles. The summed E-state index contributed by atoms with van der Waals surface area (Å²) < 4.78 is 0. The first-order valence-corrected chi connectivity index (χ1v) is 7.15. The molecule has 0 amide bonds. The Morgan fingerprint density at radius 2 is 2.06 bits per heavy atom. The van der Waals surface area contributed by atoms with Crippen LogP contribution in [0, 0.1) is 5.92 Å². The fourth-order valence-corrected chi connectivity index (χ4v) is 3.53. The van der Waals surface area contributed by atoms with E-state index in [1.165, 1.54) is 30.6 Å². The number of rotatable bonds is 1. The van der Waals surface area contributed by atoms with E-state index in [1.807, 2.05) is 0 Å². The van der Waals surface area contributed by atoms with Gasteiger partial charge in [0.1, 0.15) is 0 Å². The van der Waals surface area contributed by atoms with Crippen molar-refractivity contribution in [2.75, 3.05) is 18.0 Å². The third-order valence-electron chi connectivity index (χ3n) is 4.38.